The second-order valence-electron chi connectivity index (χ2n) is 4.76. The molecule has 0 saturated heterocycles. The molecule has 3 aromatic rings. The van der Waals surface area contributed by atoms with Gasteiger partial charge in [-0.15, -0.1) is 0 Å². The van der Waals surface area contributed by atoms with Crippen LogP contribution in [-0.2, 0) is 0 Å². The van der Waals surface area contributed by atoms with Crippen LogP contribution in [0.25, 0.3) is 21.9 Å². The zero-order valence-corrected chi connectivity index (χ0v) is 11.6. The van der Waals surface area contributed by atoms with Gasteiger partial charge in [0.15, 0.2) is 5.78 Å². The lowest BCUT2D eigenvalue weighted by molar-refractivity contribution is 0.104. The van der Waals surface area contributed by atoms with Crippen molar-refractivity contribution in [3.63, 3.8) is 0 Å². The average molecular weight is 309 g/mol. The summed E-state index contributed by atoms with van der Waals surface area (Å²) in [5.41, 5.74) is 3.69. The van der Waals surface area contributed by atoms with E-state index < -0.39 is 0 Å². The number of hydrogen-bond acceptors (Lipinski definition) is 1. The van der Waals surface area contributed by atoms with Gasteiger partial charge >= 0.3 is 0 Å². The van der Waals surface area contributed by atoms with Gasteiger partial charge in [-0.1, -0.05) is 46.3 Å². The van der Waals surface area contributed by atoms with E-state index in [9.17, 15) is 4.79 Å². The lowest BCUT2D eigenvalue weighted by Crippen LogP contribution is -1.94. The lowest BCUT2D eigenvalue weighted by atomic mass is 10.0. The summed E-state index contributed by atoms with van der Waals surface area (Å²) >= 11 is 3.43. The van der Waals surface area contributed by atoms with Crippen LogP contribution >= 0.6 is 15.9 Å². The van der Waals surface area contributed by atoms with Crippen molar-refractivity contribution in [2.24, 2.45) is 0 Å². The Hall–Kier alpha value is -1.93. The van der Waals surface area contributed by atoms with Gasteiger partial charge in [0.25, 0.3) is 0 Å². The van der Waals surface area contributed by atoms with Gasteiger partial charge in [-0.05, 0) is 46.2 Å². The first-order chi connectivity index (χ1) is 9.24. The Bertz CT molecular complexity index is 849. The van der Waals surface area contributed by atoms with E-state index in [4.69, 9.17) is 0 Å². The molecule has 2 heteroatoms. The van der Waals surface area contributed by atoms with E-state index in [2.05, 4.69) is 28.1 Å². The molecule has 0 spiro atoms. The molecule has 0 heterocycles. The predicted molar refractivity (Wildman–Crippen MR) is 80.5 cm³/mol. The monoisotopic (exact) mass is 308 g/mol. The highest BCUT2D eigenvalue weighted by atomic mass is 79.9. The number of carbonyl (C=O) groups excluding carboxylic acids is 1. The number of carbonyl (C=O) groups is 1. The van der Waals surface area contributed by atoms with E-state index in [-0.39, 0.29) is 5.78 Å². The van der Waals surface area contributed by atoms with Gasteiger partial charge in [-0.2, -0.15) is 0 Å². The van der Waals surface area contributed by atoms with Crippen molar-refractivity contribution in [3.8, 4) is 11.1 Å². The topological polar surface area (TPSA) is 17.1 Å². The molecule has 0 amide bonds. The lowest BCUT2D eigenvalue weighted by Gasteiger charge is -2.03. The Labute approximate surface area is 119 Å². The number of fused-ring (bicyclic) bond motifs is 4. The van der Waals surface area contributed by atoms with Crippen LogP contribution in [-0.4, -0.2) is 5.78 Å². The van der Waals surface area contributed by atoms with Gasteiger partial charge < -0.3 is 0 Å². The maximum atomic E-state index is 12.5. The van der Waals surface area contributed by atoms with Crippen molar-refractivity contribution in [1.82, 2.24) is 0 Å². The van der Waals surface area contributed by atoms with Gasteiger partial charge in [-0.3, -0.25) is 4.79 Å². The summed E-state index contributed by atoms with van der Waals surface area (Å²) in [6, 6.07) is 18.2. The van der Waals surface area contributed by atoms with E-state index in [1.54, 1.807) is 0 Å². The smallest absolute Gasteiger partial charge is 0.194 e. The molecule has 1 nitrogen and oxygen atoms in total. The zero-order valence-electron chi connectivity index (χ0n) is 9.98. The molecule has 3 aromatic carbocycles. The molecule has 0 unspecified atom stereocenters. The van der Waals surface area contributed by atoms with Crippen LogP contribution in [0.5, 0.6) is 0 Å². The van der Waals surface area contributed by atoms with Crippen molar-refractivity contribution in [1.29, 1.82) is 0 Å². The van der Waals surface area contributed by atoms with Gasteiger partial charge in [0.05, 0.1) is 0 Å². The minimum Gasteiger partial charge on any atom is -0.289 e. The summed E-state index contributed by atoms with van der Waals surface area (Å²) in [7, 11) is 0. The van der Waals surface area contributed by atoms with E-state index in [1.165, 1.54) is 5.39 Å². The van der Waals surface area contributed by atoms with Crippen molar-refractivity contribution in [2.45, 2.75) is 0 Å². The number of ketones is 1. The molecule has 4 rings (SSSR count). The first-order valence-electron chi connectivity index (χ1n) is 6.11. The molecule has 1 aliphatic rings. The highest BCUT2D eigenvalue weighted by Gasteiger charge is 2.26. The molecule has 19 heavy (non-hydrogen) atoms. The molecule has 0 N–H and O–H groups in total. The largest absolute Gasteiger partial charge is 0.289 e. The molecule has 0 saturated carbocycles. The quantitative estimate of drug-likeness (QED) is 0.455. The number of halogens is 1. The first-order valence-corrected chi connectivity index (χ1v) is 6.91. The fourth-order valence-electron chi connectivity index (χ4n) is 2.74. The Kier molecular flexibility index (Phi) is 2.18. The summed E-state index contributed by atoms with van der Waals surface area (Å²) in [5.74, 6) is 0.122. The van der Waals surface area contributed by atoms with E-state index in [0.717, 1.165) is 32.1 Å². The molecule has 0 radical (unpaired) electrons. The maximum absolute atomic E-state index is 12.5. The molecule has 0 aromatic heterocycles. The van der Waals surface area contributed by atoms with E-state index >= 15 is 0 Å². The third kappa shape index (κ3) is 1.50. The number of benzene rings is 3. The Morgan fingerprint density at radius 1 is 0.684 bits per heavy atom. The summed E-state index contributed by atoms with van der Waals surface area (Å²) < 4.78 is 0.942. The number of hydrogen-bond donors (Lipinski definition) is 0. The van der Waals surface area contributed by atoms with Gasteiger partial charge in [-0.25, -0.2) is 0 Å². The normalized spacial score (nSPS) is 12.6. The SMILES string of the molecule is O=C1c2cc(Br)ccc2-c2cc3ccccc3cc21. The molecule has 0 bridgehead atoms. The highest BCUT2D eigenvalue weighted by Crippen LogP contribution is 2.39. The minimum atomic E-state index is 0.122. The highest BCUT2D eigenvalue weighted by molar-refractivity contribution is 9.10. The van der Waals surface area contributed by atoms with Gasteiger partial charge in [0.2, 0.25) is 0 Å². The molecular weight excluding hydrogens is 300 g/mol. The van der Waals surface area contributed by atoms with Crippen LogP contribution in [0.1, 0.15) is 15.9 Å². The van der Waals surface area contributed by atoms with E-state index in [1.807, 2.05) is 42.5 Å². The Morgan fingerprint density at radius 2 is 1.32 bits per heavy atom. The third-order valence-corrected chi connectivity index (χ3v) is 4.14. The maximum Gasteiger partial charge on any atom is 0.194 e. The van der Waals surface area contributed by atoms with Gasteiger partial charge in [0.1, 0.15) is 0 Å². The molecule has 1 aliphatic carbocycles. The molecule has 0 aliphatic heterocycles. The standard InChI is InChI=1S/C17H9BrO/c18-12-5-6-13-14-7-10-3-1-2-4-11(10)8-15(14)17(19)16(13)9-12/h1-9H. The van der Waals surface area contributed by atoms with Gasteiger partial charge in [0, 0.05) is 15.6 Å². The Balaban J connectivity index is 2.10. The minimum absolute atomic E-state index is 0.122. The van der Waals surface area contributed by atoms with Crippen LogP contribution < -0.4 is 0 Å². The predicted octanol–water partition coefficient (Wildman–Crippen LogP) is 4.81. The first kappa shape index (κ1) is 10.9. The fraction of sp³-hybridized carbons (Fsp3) is 0. The summed E-state index contributed by atoms with van der Waals surface area (Å²) in [6.07, 6.45) is 0. The van der Waals surface area contributed by atoms with Crippen LogP contribution in [0.15, 0.2) is 59.1 Å². The fourth-order valence-corrected chi connectivity index (χ4v) is 3.10. The third-order valence-electron chi connectivity index (χ3n) is 3.65. The van der Waals surface area contributed by atoms with Crippen LogP contribution in [0, 0.1) is 0 Å². The van der Waals surface area contributed by atoms with Crippen LogP contribution in [0.4, 0.5) is 0 Å². The summed E-state index contributed by atoms with van der Waals surface area (Å²) in [4.78, 5) is 12.5. The molecule has 0 atom stereocenters. The second kappa shape index (κ2) is 3.78. The average Bonchev–Trinajstić information content (AvgIpc) is 2.69. The van der Waals surface area contributed by atoms with Crippen LogP contribution in [0.3, 0.4) is 0 Å². The number of rotatable bonds is 0. The van der Waals surface area contributed by atoms with Crippen molar-refractivity contribution < 1.29 is 4.79 Å². The van der Waals surface area contributed by atoms with Crippen molar-refractivity contribution >= 4 is 32.5 Å². The Morgan fingerprint density at radius 3 is 2.05 bits per heavy atom. The van der Waals surface area contributed by atoms with E-state index in [0.29, 0.717) is 0 Å². The summed E-state index contributed by atoms with van der Waals surface area (Å²) in [6.45, 7) is 0. The van der Waals surface area contributed by atoms with Crippen molar-refractivity contribution in [2.75, 3.05) is 0 Å². The summed E-state index contributed by atoms with van der Waals surface area (Å²) in [5, 5.41) is 2.28. The van der Waals surface area contributed by atoms with Crippen LogP contribution in [0.2, 0.25) is 0 Å². The second-order valence-corrected chi connectivity index (χ2v) is 5.68. The molecule has 0 fully saturated rings. The zero-order chi connectivity index (χ0) is 13.0. The van der Waals surface area contributed by atoms with Crippen molar-refractivity contribution in [3.05, 3.63) is 70.2 Å². The molecule has 90 valence electrons. The molecular formula is C17H9BrO.